The summed E-state index contributed by atoms with van der Waals surface area (Å²) in [5.74, 6) is 2.84. The van der Waals surface area contributed by atoms with Gasteiger partial charge >= 0.3 is 0 Å². The molecule has 9 heteroatoms. The average Bonchev–Trinajstić information content (AvgIpc) is 3.42. The highest BCUT2D eigenvalue weighted by atomic mass is 32.1. The van der Waals surface area contributed by atoms with Crippen LogP contribution in [-0.4, -0.2) is 47.9 Å². The lowest BCUT2D eigenvalue weighted by atomic mass is 9.74. The minimum atomic E-state index is -0.229. The minimum Gasteiger partial charge on any atom is -0.381 e. The van der Waals surface area contributed by atoms with E-state index in [2.05, 4.69) is 57.7 Å². The van der Waals surface area contributed by atoms with Gasteiger partial charge in [-0.1, -0.05) is 43.3 Å². The van der Waals surface area contributed by atoms with Crippen LogP contribution in [0, 0.1) is 11.7 Å². The molecular weight excluding hydrogens is 523 g/mol. The van der Waals surface area contributed by atoms with E-state index in [0.717, 1.165) is 75.0 Å². The molecule has 2 fully saturated rings. The van der Waals surface area contributed by atoms with E-state index in [1.165, 1.54) is 23.3 Å². The highest BCUT2D eigenvalue weighted by molar-refractivity contribution is 7.80. The number of thiocarbonyl (C=S) groups is 1. The summed E-state index contributed by atoms with van der Waals surface area (Å²) in [5, 5.41) is 7.19. The first kappa shape index (κ1) is 26.9. The Morgan fingerprint density at radius 2 is 1.60 bits per heavy atom. The fourth-order valence-electron chi connectivity index (χ4n) is 6.06. The second-order valence-corrected chi connectivity index (χ2v) is 11.8. The molecule has 6 rings (SSSR count). The molecule has 0 amide bonds. The Morgan fingerprint density at radius 3 is 2.25 bits per heavy atom. The molecule has 3 aliphatic heterocycles. The highest BCUT2D eigenvalue weighted by Crippen LogP contribution is 2.35. The number of benzene rings is 2. The molecule has 2 N–H and O–H groups in total. The van der Waals surface area contributed by atoms with Crippen molar-refractivity contribution >= 4 is 34.9 Å². The van der Waals surface area contributed by atoms with E-state index >= 15 is 0 Å². The molecule has 0 aliphatic carbocycles. The molecule has 40 heavy (non-hydrogen) atoms. The summed E-state index contributed by atoms with van der Waals surface area (Å²) in [6, 6.07) is 17.5. The molecule has 0 bridgehead atoms. The van der Waals surface area contributed by atoms with Crippen molar-refractivity contribution in [1.29, 1.82) is 0 Å². The Kier molecular flexibility index (Phi) is 7.85. The van der Waals surface area contributed by atoms with Crippen molar-refractivity contribution in [2.75, 3.05) is 48.0 Å². The van der Waals surface area contributed by atoms with Crippen LogP contribution in [0.15, 0.2) is 54.6 Å². The normalized spacial score (nSPS) is 18.9. The maximum absolute atomic E-state index is 13.7. The minimum absolute atomic E-state index is 0.183. The Bertz CT molecular complexity index is 1310. The number of halogens is 1. The number of rotatable bonds is 6. The van der Waals surface area contributed by atoms with Gasteiger partial charge in [0.2, 0.25) is 5.95 Å². The first-order valence-corrected chi connectivity index (χ1v) is 14.7. The van der Waals surface area contributed by atoms with Gasteiger partial charge < -0.3 is 25.2 Å². The zero-order valence-corrected chi connectivity index (χ0v) is 23.9. The average molecular weight is 561 g/mol. The van der Waals surface area contributed by atoms with Crippen LogP contribution < -0.4 is 20.4 Å². The maximum Gasteiger partial charge on any atom is 0.232 e. The molecule has 210 valence electrons. The van der Waals surface area contributed by atoms with Crippen molar-refractivity contribution in [2.24, 2.45) is 5.92 Å². The van der Waals surface area contributed by atoms with Crippen molar-refractivity contribution in [1.82, 2.24) is 15.3 Å². The van der Waals surface area contributed by atoms with Gasteiger partial charge in [-0.3, -0.25) is 0 Å². The second kappa shape index (κ2) is 11.7. The van der Waals surface area contributed by atoms with Crippen LogP contribution in [0.25, 0.3) is 0 Å². The van der Waals surface area contributed by atoms with Crippen LogP contribution in [0.3, 0.4) is 0 Å². The van der Waals surface area contributed by atoms with Gasteiger partial charge in [0.1, 0.15) is 17.5 Å². The van der Waals surface area contributed by atoms with Crippen molar-refractivity contribution in [3.05, 3.63) is 77.1 Å². The van der Waals surface area contributed by atoms with E-state index < -0.39 is 0 Å². The molecule has 3 aromatic rings. The van der Waals surface area contributed by atoms with Crippen LogP contribution in [0.4, 0.5) is 22.0 Å². The number of hydrogen-bond donors (Lipinski definition) is 2. The third-order valence-electron chi connectivity index (χ3n) is 8.69. The lowest BCUT2D eigenvalue weighted by Gasteiger charge is -2.38. The molecule has 0 atom stereocenters. The van der Waals surface area contributed by atoms with Gasteiger partial charge in [-0.25, -0.2) is 4.39 Å². The molecule has 4 heterocycles. The summed E-state index contributed by atoms with van der Waals surface area (Å²) >= 11 is 5.75. The summed E-state index contributed by atoms with van der Waals surface area (Å²) in [6.45, 7) is 7.90. The quantitative estimate of drug-likeness (QED) is 0.388. The zero-order chi connectivity index (χ0) is 27.5. The molecule has 0 unspecified atom stereocenters. The number of nitrogens with zero attached hydrogens (tertiary/aromatic N) is 4. The molecule has 1 aromatic heterocycles. The van der Waals surface area contributed by atoms with E-state index in [0.29, 0.717) is 30.8 Å². The smallest absolute Gasteiger partial charge is 0.232 e. The maximum atomic E-state index is 13.7. The number of fused-ring (bicyclic) bond motifs is 1. The van der Waals surface area contributed by atoms with Gasteiger partial charge in [0.15, 0.2) is 5.11 Å². The second-order valence-electron chi connectivity index (χ2n) is 11.4. The number of nitrogens with one attached hydrogen (secondary N) is 2. The Labute approximate surface area is 241 Å². The number of aromatic nitrogens is 2. The fourth-order valence-corrected chi connectivity index (χ4v) is 6.23. The van der Waals surface area contributed by atoms with Crippen LogP contribution in [0.2, 0.25) is 0 Å². The topological polar surface area (TPSA) is 65.5 Å². The summed E-state index contributed by atoms with van der Waals surface area (Å²) in [7, 11) is 0. The molecule has 2 aromatic carbocycles. The molecular formula is C31H37FN6OS. The van der Waals surface area contributed by atoms with E-state index in [1.54, 1.807) is 0 Å². The summed E-state index contributed by atoms with van der Waals surface area (Å²) < 4.78 is 19.3. The molecule has 0 spiro atoms. The number of ether oxygens (including phenoxy) is 1. The van der Waals surface area contributed by atoms with E-state index in [1.807, 2.05) is 12.1 Å². The van der Waals surface area contributed by atoms with Crippen molar-refractivity contribution in [3.63, 3.8) is 0 Å². The molecule has 0 saturated carbocycles. The van der Waals surface area contributed by atoms with Gasteiger partial charge in [-0.2, -0.15) is 9.97 Å². The van der Waals surface area contributed by atoms with Gasteiger partial charge in [0.05, 0.1) is 0 Å². The van der Waals surface area contributed by atoms with Gasteiger partial charge in [0.25, 0.3) is 0 Å². The Balaban J connectivity index is 1.20. The first-order valence-electron chi connectivity index (χ1n) is 14.3. The summed E-state index contributed by atoms with van der Waals surface area (Å²) in [6.07, 6.45) is 4.00. The number of anilines is 3. The zero-order valence-electron chi connectivity index (χ0n) is 23.0. The predicted octanol–water partition coefficient (Wildman–Crippen LogP) is 5.41. The van der Waals surface area contributed by atoms with E-state index in [4.69, 9.17) is 26.9 Å². The summed E-state index contributed by atoms with van der Waals surface area (Å²) in [4.78, 5) is 14.5. The number of hydrogen-bond acceptors (Lipinski definition) is 6. The van der Waals surface area contributed by atoms with E-state index in [-0.39, 0.29) is 11.2 Å². The molecule has 3 aliphatic rings. The fraction of sp³-hybridized carbons (Fsp3) is 0.452. The van der Waals surface area contributed by atoms with Gasteiger partial charge in [0, 0.05) is 57.4 Å². The number of piperidine rings is 1. The lowest BCUT2D eigenvalue weighted by molar-refractivity contribution is 0.0515. The predicted molar refractivity (Wildman–Crippen MR) is 161 cm³/mol. The third kappa shape index (κ3) is 5.90. The van der Waals surface area contributed by atoms with Crippen LogP contribution in [-0.2, 0) is 23.2 Å². The highest BCUT2D eigenvalue weighted by Gasteiger charge is 2.35. The summed E-state index contributed by atoms with van der Waals surface area (Å²) in [5.41, 5.74) is 3.59. The van der Waals surface area contributed by atoms with Crippen molar-refractivity contribution < 1.29 is 9.13 Å². The third-order valence-corrected chi connectivity index (χ3v) is 8.94. The SMILES string of the molecule is CC1CCN(c2cc(N3Cc4ccccc4C3)nc(NC(=S)NCC3(c4ccc(F)cc4)CCOCC3)n2)CC1. The Hall–Kier alpha value is -3.30. The lowest BCUT2D eigenvalue weighted by Crippen LogP contribution is -2.45. The standard InChI is InChI=1S/C31H37FN6OS/c1-22-10-14-37(15-11-22)27-18-28(38-19-23-4-2-3-5-24(23)20-38)35-29(34-27)36-30(40)33-21-31(12-16-39-17-13-31)25-6-8-26(32)9-7-25/h2-9,18,22H,10-17,19-21H2,1H3,(H2,33,34,35,36,40). The largest absolute Gasteiger partial charge is 0.381 e. The van der Waals surface area contributed by atoms with Crippen molar-refractivity contribution in [3.8, 4) is 0 Å². The molecule has 2 saturated heterocycles. The first-order chi connectivity index (χ1) is 19.5. The van der Waals surface area contributed by atoms with Crippen molar-refractivity contribution in [2.45, 2.75) is 51.1 Å². The molecule has 7 nitrogen and oxygen atoms in total. The van der Waals surface area contributed by atoms with E-state index in [9.17, 15) is 4.39 Å². The van der Waals surface area contributed by atoms with Gasteiger partial charge in [-0.15, -0.1) is 0 Å². The Morgan fingerprint density at radius 1 is 0.975 bits per heavy atom. The monoisotopic (exact) mass is 560 g/mol. The van der Waals surface area contributed by atoms with Crippen LogP contribution >= 0.6 is 12.2 Å². The van der Waals surface area contributed by atoms with Gasteiger partial charge in [-0.05, 0) is 72.6 Å². The molecule has 0 radical (unpaired) electrons. The van der Waals surface area contributed by atoms with Crippen LogP contribution in [0.5, 0.6) is 0 Å². The van der Waals surface area contributed by atoms with Crippen LogP contribution in [0.1, 0.15) is 49.3 Å².